The van der Waals surface area contributed by atoms with Gasteiger partial charge in [0.05, 0.1) is 0 Å². The van der Waals surface area contributed by atoms with E-state index in [1.165, 1.54) is 25.7 Å². The summed E-state index contributed by atoms with van der Waals surface area (Å²) in [5.74, 6) is 0.807. The second kappa shape index (κ2) is 6.72. The van der Waals surface area contributed by atoms with E-state index in [9.17, 15) is 5.11 Å². The Morgan fingerprint density at radius 2 is 1.90 bits per heavy atom. The van der Waals surface area contributed by atoms with Crippen LogP contribution in [0.15, 0.2) is 12.4 Å². The highest BCUT2D eigenvalue weighted by Gasteiger charge is 2.37. The Bertz CT molecular complexity index is 406. The van der Waals surface area contributed by atoms with E-state index in [0.29, 0.717) is 0 Å². The summed E-state index contributed by atoms with van der Waals surface area (Å²) >= 11 is 0. The number of aromatic nitrogens is 2. The number of hydrogen-bond donors (Lipinski definition) is 1. The van der Waals surface area contributed by atoms with Crippen LogP contribution in [0.3, 0.4) is 0 Å². The number of hydrogen-bond acceptors (Lipinski definition) is 3. The van der Waals surface area contributed by atoms with E-state index in [-0.39, 0.29) is 5.54 Å². The Labute approximate surface area is 122 Å². The minimum atomic E-state index is -0.540. The fourth-order valence-corrected chi connectivity index (χ4v) is 3.13. The predicted molar refractivity (Wildman–Crippen MR) is 81.6 cm³/mol. The molecule has 1 aromatic heterocycles. The molecule has 0 radical (unpaired) electrons. The monoisotopic (exact) mass is 279 g/mol. The molecule has 1 aliphatic heterocycles. The molecule has 0 saturated carbocycles. The van der Waals surface area contributed by atoms with E-state index >= 15 is 0 Å². The standard InChI is InChI=1S/C16H29N3O/c1-4-10-18-13-9-17-15(18)14(20)16(2,3)19-11-7-5-6-8-12-19/h9,13-14,20H,4-8,10-12H2,1-3H3. The summed E-state index contributed by atoms with van der Waals surface area (Å²) < 4.78 is 2.09. The summed E-state index contributed by atoms with van der Waals surface area (Å²) in [4.78, 5) is 6.85. The van der Waals surface area contributed by atoms with Crippen molar-refractivity contribution in [1.29, 1.82) is 0 Å². The highest BCUT2D eigenvalue weighted by atomic mass is 16.3. The number of rotatable bonds is 5. The van der Waals surface area contributed by atoms with Crippen LogP contribution in [0.5, 0.6) is 0 Å². The molecule has 0 amide bonds. The van der Waals surface area contributed by atoms with E-state index in [4.69, 9.17) is 0 Å². The van der Waals surface area contributed by atoms with Crippen LogP contribution in [-0.2, 0) is 6.54 Å². The average Bonchev–Trinajstić information content (AvgIpc) is 2.71. The molecule has 2 rings (SSSR count). The van der Waals surface area contributed by atoms with Crippen LogP contribution in [0.1, 0.15) is 64.8 Å². The molecule has 1 aromatic rings. The lowest BCUT2D eigenvalue weighted by Gasteiger charge is -2.41. The molecule has 1 fully saturated rings. The van der Waals surface area contributed by atoms with E-state index in [1.807, 2.05) is 6.20 Å². The largest absolute Gasteiger partial charge is 0.383 e. The maximum absolute atomic E-state index is 10.9. The van der Waals surface area contributed by atoms with Gasteiger partial charge in [-0.3, -0.25) is 4.90 Å². The van der Waals surface area contributed by atoms with Crippen molar-refractivity contribution in [3.63, 3.8) is 0 Å². The first-order valence-corrected chi connectivity index (χ1v) is 8.01. The number of aliphatic hydroxyl groups excluding tert-OH is 1. The second-order valence-electron chi connectivity index (χ2n) is 6.44. The molecule has 1 atom stereocenters. The van der Waals surface area contributed by atoms with Gasteiger partial charge in [-0.1, -0.05) is 19.8 Å². The zero-order chi connectivity index (χ0) is 14.6. The summed E-state index contributed by atoms with van der Waals surface area (Å²) in [6.07, 6.45) is 9.38. The van der Waals surface area contributed by atoms with Gasteiger partial charge in [0, 0.05) is 24.5 Å². The molecular weight excluding hydrogens is 250 g/mol. The molecule has 1 N–H and O–H groups in total. The number of likely N-dealkylation sites (tertiary alicyclic amines) is 1. The smallest absolute Gasteiger partial charge is 0.139 e. The van der Waals surface area contributed by atoms with Gasteiger partial charge < -0.3 is 9.67 Å². The van der Waals surface area contributed by atoms with Crippen molar-refractivity contribution in [3.8, 4) is 0 Å². The van der Waals surface area contributed by atoms with Crippen LogP contribution in [0, 0.1) is 0 Å². The Morgan fingerprint density at radius 1 is 1.25 bits per heavy atom. The highest BCUT2D eigenvalue weighted by Crippen LogP contribution is 2.32. The molecule has 0 aromatic carbocycles. The zero-order valence-electron chi connectivity index (χ0n) is 13.2. The zero-order valence-corrected chi connectivity index (χ0v) is 13.2. The molecule has 1 unspecified atom stereocenters. The Kier molecular flexibility index (Phi) is 5.22. The summed E-state index contributed by atoms with van der Waals surface area (Å²) in [5, 5.41) is 10.9. The summed E-state index contributed by atoms with van der Waals surface area (Å²) in [6.45, 7) is 9.53. The van der Waals surface area contributed by atoms with Crippen LogP contribution >= 0.6 is 0 Å². The van der Waals surface area contributed by atoms with Crippen molar-refractivity contribution >= 4 is 0 Å². The molecule has 2 heterocycles. The third kappa shape index (κ3) is 3.23. The first-order chi connectivity index (χ1) is 9.57. The minimum Gasteiger partial charge on any atom is -0.383 e. The third-order valence-electron chi connectivity index (χ3n) is 4.55. The number of aliphatic hydroxyl groups is 1. The van der Waals surface area contributed by atoms with Gasteiger partial charge in [-0.2, -0.15) is 0 Å². The van der Waals surface area contributed by atoms with Crippen LogP contribution in [0.4, 0.5) is 0 Å². The molecule has 4 nitrogen and oxygen atoms in total. The van der Waals surface area contributed by atoms with Crippen molar-refractivity contribution in [2.75, 3.05) is 13.1 Å². The Balaban J connectivity index is 2.16. The van der Waals surface area contributed by atoms with E-state index in [0.717, 1.165) is 31.9 Å². The SMILES string of the molecule is CCCn1ccnc1C(O)C(C)(C)N1CCCCCC1. The van der Waals surface area contributed by atoms with Gasteiger partial charge >= 0.3 is 0 Å². The molecule has 20 heavy (non-hydrogen) atoms. The highest BCUT2D eigenvalue weighted by molar-refractivity contribution is 5.05. The average molecular weight is 279 g/mol. The van der Waals surface area contributed by atoms with Crippen LogP contribution in [0.25, 0.3) is 0 Å². The third-order valence-corrected chi connectivity index (χ3v) is 4.55. The normalized spacial score (nSPS) is 19.8. The van der Waals surface area contributed by atoms with E-state index in [2.05, 4.69) is 35.2 Å². The fourth-order valence-electron chi connectivity index (χ4n) is 3.13. The predicted octanol–water partition coefficient (Wildman–Crippen LogP) is 2.98. The second-order valence-corrected chi connectivity index (χ2v) is 6.44. The number of aryl methyl sites for hydroxylation is 1. The van der Waals surface area contributed by atoms with Crippen molar-refractivity contribution in [1.82, 2.24) is 14.5 Å². The molecule has 1 saturated heterocycles. The first kappa shape index (κ1) is 15.5. The molecule has 0 spiro atoms. The Morgan fingerprint density at radius 3 is 2.50 bits per heavy atom. The summed E-state index contributed by atoms with van der Waals surface area (Å²) in [6, 6.07) is 0. The van der Waals surface area contributed by atoms with Crippen LogP contribution in [-0.4, -0.2) is 38.2 Å². The lowest BCUT2D eigenvalue weighted by atomic mass is 9.93. The van der Waals surface area contributed by atoms with Crippen molar-refractivity contribution < 1.29 is 5.11 Å². The van der Waals surface area contributed by atoms with Crippen LogP contribution < -0.4 is 0 Å². The maximum Gasteiger partial charge on any atom is 0.139 e. The van der Waals surface area contributed by atoms with Crippen molar-refractivity contribution in [3.05, 3.63) is 18.2 Å². The maximum atomic E-state index is 10.9. The van der Waals surface area contributed by atoms with Gasteiger partial charge in [0.2, 0.25) is 0 Å². The van der Waals surface area contributed by atoms with Crippen molar-refractivity contribution in [2.45, 2.75) is 71.1 Å². The quantitative estimate of drug-likeness (QED) is 0.901. The topological polar surface area (TPSA) is 41.3 Å². The first-order valence-electron chi connectivity index (χ1n) is 8.01. The van der Waals surface area contributed by atoms with Gasteiger partial charge in [-0.05, 0) is 46.2 Å². The van der Waals surface area contributed by atoms with Gasteiger partial charge in [-0.15, -0.1) is 0 Å². The van der Waals surface area contributed by atoms with Gasteiger partial charge in [0.1, 0.15) is 11.9 Å². The lowest BCUT2D eigenvalue weighted by Crippen LogP contribution is -2.49. The van der Waals surface area contributed by atoms with E-state index in [1.54, 1.807) is 6.20 Å². The number of imidazole rings is 1. The van der Waals surface area contributed by atoms with Crippen LogP contribution in [0.2, 0.25) is 0 Å². The number of nitrogens with zero attached hydrogens (tertiary/aromatic N) is 3. The Hall–Kier alpha value is -0.870. The van der Waals surface area contributed by atoms with Gasteiger partial charge in [0.15, 0.2) is 0 Å². The molecule has 1 aliphatic rings. The molecule has 0 bridgehead atoms. The summed E-state index contributed by atoms with van der Waals surface area (Å²) in [7, 11) is 0. The lowest BCUT2D eigenvalue weighted by molar-refractivity contribution is -0.0166. The molecule has 0 aliphatic carbocycles. The van der Waals surface area contributed by atoms with Crippen molar-refractivity contribution in [2.24, 2.45) is 0 Å². The van der Waals surface area contributed by atoms with E-state index < -0.39 is 6.10 Å². The fraction of sp³-hybridized carbons (Fsp3) is 0.812. The minimum absolute atomic E-state index is 0.263. The van der Waals surface area contributed by atoms with Gasteiger partial charge in [0.25, 0.3) is 0 Å². The summed E-state index contributed by atoms with van der Waals surface area (Å²) in [5.41, 5.74) is -0.263. The van der Waals surface area contributed by atoms with Gasteiger partial charge in [-0.25, -0.2) is 4.98 Å². The molecular formula is C16H29N3O. The molecule has 114 valence electrons. The molecule has 4 heteroatoms.